The first-order valence-corrected chi connectivity index (χ1v) is 8.97. The van der Waals surface area contributed by atoms with Crippen LogP contribution in [0, 0.1) is 0 Å². The van der Waals surface area contributed by atoms with Crippen LogP contribution >= 0.6 is 11.6 Å². The quantitative estimate of drug-likeness (QED) is 0.810. The summed E-state index contributed by atoms with van der Waals surface area (Å²) in [6, 6.07) is 14.5. The summed E-state index contributed by atoms with van der Waals surface area (Å²) in [5.74, 6) is 1.39. The zero-order chi connectivity index (χ0) is 17.3. The maximum Gasteiger partial charge on any atom is 0.254 e. The summed E-state index contributed by atoms with van der Waals surface area (Å²) in [4.78, 5) is 15.1. The Bertz CT molecular complexity index is 771. The molecule has 1 amide bonds. The summed E-state index contributed by atoms with van der Waals surface area (Å²) >= 11 is 5.90. The summed E-state index contributed by atoms with van der Waals surface area (Å²) in [6.45, 7) is 1.91. The minimum absolute atomic E-state index is 0.0598. The van der Waals surface area contributed by atoms with Crippen LogP contribution in [0.2, 0.25) is 5.02 Å². The fourth-order valence-corrected chi connectivity index (χ4v) is 3.66. The summed E-state index contributed by atoms with van der Waals surface area (Å²) in [5, 5.41) is 0.661. The molecule has 0 bridgehead atoms. The van der Waals surface area contributed by atoms with E-state index in [1.807, 2.05) is 35.2 Å². The van der Waals surface area contributed by atoms with E-state index in [0.29, 0.717) is 41.8 Å². The number of halogens is 1. The molecule has 2 aromatic carbocycles. The molecular formula is C20H20ClNO3. The van der Waals surface area contributed by atoms with Gasteiger partial charge in [0.05, 0.1) is 18.8 Å². The van der Waals surface area contributed by atoms with Crippen molar-refractivity contribution < 1.29 is 14.3 Å². The molecule has 1 spiro atoms. The molecule has 1 heterocycles. The topological polar surface area (TPSA) is 38.8 Å². The fraction of sp³-hybridized carbons (Fsp3) is 0.350. The first-order chi connectivity index (χ1) is 12.2. The van der Waals surface area contributed by atoms with E-state index < -0.39 is 0 Å². The molecule has 1 saturated heterocycles. The highest BCUT2D eigenvalue weighted by molar-refractivity contribution is 6.30. The molecule has 0 radical (unpaired) electrons. The average Bonchev–Trinajstić information content (AvgIpc) is 2.62. The summed E-state index contributed by atoms with van der Waals surface area (Å²) in [5.41, 5.74) is 0.558. The Morgan fingerprint density at radius 2 is 1.92 bits per heavy atom. The molecule has 5 heteroatoms. The van der Waals surface area contributed by atoms with Crippen molar-refractivity contribution >= 4 is 17.5 Å². The second-order valence-corrected chi connectivity index (χ2v) is 7.11. The Kier molecular flexibility index (Phi) is 4.40. The molecule has 2 aliphatic rings. The molecule has 1 aliphatic heterocycles. The Balaban J connectivity index is 1.54. The molecule has 0 atom stereocenters. The zero-order valence-electron chi connectivity index (χ0n) is 13.9. The molecule has 2 aromatic rings. The number of amides is 1. The van der Waals surface area contributed by atoms with E-state index in [1.54, 1.807) is 18.2 Å². The maximum absolute atomic E-state index is 13.1. The second-order valence-electron chi connectivity index (χ2n) is 6.67. The summed E-state index contributed by atoms with van der Waals surface area (Å²) < 4.78 is 11.5. The lowest BCUT2D eigenvalue weighted by molar-refractivity contribution is -0.0877. The van der Waals surface area contributed by atoms with Gasteiger partial charge in [0.25, 0.3) is 5.91 Å². The molecule has 130 valence electrons. The van der Waals surface area contributed by atoms with Crippen molar-refractivity contribution in [1.82, 2.24) is 4.90 Å². The van der Waals surface area contributed by atoms with Crippen molar-refractivity contribution in [3.63, 3.8) is 0 Å². The van der Waals surface area contributed by atoms with Gasteiger partial charge in [0.15, 0.2) is 0 Å². The van der Waals surface area contributed by atoms with E-state index in [9.17, 15) is 4.79 Å². The third-order valence-electron chi connectivity index (χ3n) is 5.06. The van der Waals surface area contributed by atoms with Crippen LogP contribution in [0.25, 0.3) is 0 Å². The van der Waals surface area contributed by atoms with Gasteiger partial charge < -0.3 is 14.4 Å². The molecule has 0 aromatic heterocycles. The van der Waals surface area contributed by atoms with Crippen molar-refractivity contribution in [2.45, 2.75) is 24.8 Å². The molecule has 0 unspecified atom stereocenters. The highest BCUT2D eigenvalue weighted by Gasteiger charge is 2.47. The van der Waals surface area contributed by atoms with E-state index in [4.69, 9.17) is 21.1 Å². The largest absolute Gasteiger partial charge is 0.457 e. The van der Waals surface area contributed by atoms with Crippen LogP contribution < -0.4 is 4.74 Å². The lowest BCUT2D eigenvalue weighted by atomic mass is 9.75. The van der Waals surface area contributed by atoms with Gasteiger partial charge >= 0.3 is 0 Å². The first-order valence-electron chi connectivity index (χ1n) is 8.60. The number of carbonyl (C=O) groups is 1. The number of carbonyl (C=O) groups excluding carboxylic acids is 1. The van der Waals surface area contributed by atoms with Crippen LogP contribution in [0.5, 0.6) is 11.5 Å². The van der Waals surface area contributed by atoms with Crippen molar-refractivity contribution in [2.75, 3.05) is 19.8 Å². The van der Waals surface area contributed by atoms with Crippen LogP contribution in [0.1, 0.15) is 29.6 Å². The van der Waals surface area contributed by atoms with E-state index in [-0.39, 0.29) is 11.4 Å². The molecule has 2 fully saturated rings. The van der Waals surface area contributed by atoms with Crippen LogP contribution in [-0.2, 0) is 4.74 Å². The minimum atomic E-state index is -0.0949. The smallest absolute Gasteiger partial charge is 0.254 e. The molecule has 0 N–H and O–H groups in total. The van der Waals surface area contributed by atoms with Crippen LogP contribution in [0.3, 0.4) is 0 Å². The highest BCUT2D eigenvalue weighted by Crippen LogP contribution is 2.40. The van der Waals surface area contributed by atoms with E-state index in [0.717, 1.165) is 19.3 Å². The molecule has 4 rings (SSSR count). The second kappa shape index (κ2) is 6.70. The lowest BCUT2D eigenvalue weighted by Crippen LogP contribution is -2.62. The van der Waals surface area contributed by atoms with Gasteiger partial charge in [-0.1, -0.05) is 17.7 Å². The SMILES string of the molecule is O=C(c1cccc(Oc2ccc(Cl)cc2)c1)N1CCOCC12CCC2. The van der Waals surface area contributed by atoms with E-state index in [2.05, 4.69) is 0 Å². The van der Waals surface area contributed by atoms with Gasteiger partial charge in [0.2, 0.25) is 0 Å². The number of benzene rings is 2. The Morgan fingerprint density at radius 1 is 1.12 bits per heavy atom. The highest BCUT2D eigenvalue weighted by atomic mass is 35.5. The van der Waals surface area contributed by atoms with Crippen molar-refractivity contribution in [3.05, 3.63) is 59.1 Å². The Morgan fingerprint density at radius 3 is 2.64 bits per heavy atom. The molecule has 25 heavy (non-hydrogen) atoms. The van der Waals surface area contributed by atoms with Gasteiger partial charge in [-0.15, -0.1) is 0 Å². The van der Waals surface area contributed by atoms with Crippen molar-refractivity contribution in [2.24, 2.45) is 0 Å². The van der Waals surface area contributed by atoms with Crippen LogP contribution in [0.15, 0.2) is 48.5 Å². The predicted molar refractivity (Wildman–Crippen MR) is 96.4 cm³/mol. The first kappa shape index (κ1) is 16.4. The lowest BCUT2D eigenvalue weighted by Gasteiger charge is -2.52. The van der Waals surface area contributed by atoms with Crippen LogP contribution in [0.4, 0.5) is 0 Å². The number of morpholine rings is 1. The number of nitrogens with zero attached hydrogens (tertiary/aromatic N) is 1. The van der Waals surface area contributed by atoms with Gasteiger partial charge in [-0.3, -0.25) is 4.79 Å². The molecule has 1 saturated carbocycles. The number of hydrogen-bond acceptors (Lipinski definition) is 3. The van der Waals surface area contributed by atoms with Gasteiger partial charge in [0, 0.05) is 17.1 Å². The summed E-state index contributed by atoms with van der Waals surface area (Å²) in [6.07, 6.45) is 3.21. The molecule has 1 aliphatic carbocycles. The number of hydrogen-bond donors (Lipinski definition) is 0. The normalized spacial score (nSPS) is 18.7. The minimum Gasteiger partial charge on any atom is -0.457 e. The standard InChI is InChI=1S/C20H20ClNO3/c21-16-5-7-17(8-6-16)25-18-4-1-3-15(13-18)19(23)22-11-12-24-14-20(22)9-2-10-20/h1,3-8,13H,2,9-12,14H2. The molecular weight excluding hydrogens is 338 g/mol. The third kappa shape index (κ3) is 3.24. The third-order valence-corrected chi connectivity index (χ3v) is 5.31. The van der Waals surface area contributed by atoms with Gasteiger partial charge in [-0.05, 0) is 61.7 Å². The van der Waals surface area contributed by atoms with Gasteiger partial charge in [-0.25, -0.2) is 0 Å². The average molecular weight is 358 g/mol. The Hall–Kier alpha value is -2.04. The zero-order valence-corrected chi connectivity index (χ0v) is 14.7. The van der Waals surface area contributed by atoms with E-state index >= 15 is 0 Å². The summed E-state index contributed by atoms with van der Waals surface area (Å²) in [7, 11) is 0. The van der Waals surface area contributed by atoms with Crippen molar-refractivity contribution in [3.8, 4) is 11.5 Å². The number of rotatable bonds is 3. The molecule has 4 nitrogen and oxygen atoms in total. The van der Waals surface area contributed by atoms with E-state index in [1.165, 1.54) is 0 Å². The number of ether oxygens (including phenoxy) is 2. The predicted octanol–water partition coefficient (Wildman–Crippen LogP) is 4.53. The van der Waals surface area contributed by atoms with Crippen molar-refractivity contribution in [1.29, 1.82) is 0 Å². The van der Waals surface area contributed by atoms with Gasteiger partial charge in [0.1, 0.15) is 11.5 Å². The monoisotopic (exact) mass is 357 g/mol. The Labute approximate surface area is 152 Å². The van der Waals surface area contributed by atoms with Gasteiger partial charge in [-0.2, -0.15) is 0 Å². The maximum atomic E-state index is 13.1. The van der Waals surface area contributed by atoms with Crippen LogP contribution in [-0.4, -0.2) is 36.1 Å². The fourth-order valence-electron chi connectivity index (χ4n) is 3.54.